The van der Waals surface area contributed by atoms with E-state index in [4.69, 9.17) is 31.4 Å². The summed E-state index contributed by atoms with van der Waals surface area (Å²) in [6.45, 7) is 22.1. The molecule has 0 unspecified atom stereocenters. The van der Waals surface area contributed by atoms with Crippen LogP contribution in [0.25, 0.3) is 0 Å². The Kier molecular flexibility index (Phi) is 252. The molecule has 0 spiro atoms. The molecule has 0 aliphatic carbocycles. The Balaban J connectivity index is -0.0000000107. The average Bonchev–Trinajstić information content (AvgIpc) is 2.41. The molecule has 0 amide bonds. The van der Waals surface area contributed by atoms with E-state index in [0.717, 1.165) is 0 Å². The van der Waals surface area contributed by atoms with Crippen molar-refractivity contribution in [2.24, 2.45) is 0 Å². The maximum absolute atomic E-state index is 9.99. The van der Waals surface area contributed by atoms with Gasteiger partial charge in [-0.25, -0.2) is 0 Å². The van der Waals surface area contributed by atoms with E-state index in [1.165, 1.54) is 0 Å². The van der Waals surface area contributed by atoms with E-state index in [0.29, 0.717) is 0 Å². The van der Waals surface area contributed by atoms with Crippen molar-refractivity contribution < 1.29 is 104 Å². The predicted molar refractivity (Wildman–Crippen MR) is 229 cm³/mol. The number of rotatable bonds is 12. The van der Waals surface area contributed by atoms with Gasteiger partial charge in [0, 0.05) is 99.8 Å². The molecule has 0 heterocycles. The molecular weight excluding hydrogens is 1200 g/mol. The van der Waals surface area contributed by atoms with Crippen molar-refractivity contribution >= 4 is 27.3 Å². The maximum Gasteiger partial charge on any atom is 0.677 e. The summed E-state index contributed by atoms with van der Waals surface area (Å²) >= 11 is 0. The summed E-state index contributed by atoms with van der Waals surface area (Å²) in [6, 6.07) is 4.43. The van der Waals surface area contributed by atoms with Crippen molar-refractivity contribution in [1.82, 2.24) is 0 Å². The van der Waals surface area contributed by atoms with Gasteiger partial charge in [0.05, 0.1) is 0 Å². The van der Waals surface area contributed by atoms with E-state index in [1.807, 2.05) is 83.1 Å². The monoisotopic (exact) mass is 1290 g/mol. The molecule has 0 fully saturated rings. The zero-order valence-corrected chi connectivity index (χ0v) is 50.4. The van der Waals surface area contributed by atoms with Crippen molar-refractivity contribution in [2.45, 2.75) is 120 Å². The van der Waals surface area contributed by atoms with Crippen molar-refractivity contribution in [3.8, 4) is 6.00 Å². The Morgan fingerprint density at radius 3 is 0.440 bits per heavy atom. The Morgan fingerprint density at radius 1 is 0.340 bits per heavy atom. The largest absolute Gasteiger partial charge is 0.677 e. The first-order valence-electron chi connectivity index (χ1n) is 10.5. The first-order valence-corrected chi connectivity index (χ1v) is 14.9. The Morgan fingerprint density at radius 2 is 0.400 bits per heavy atom. The summed E-state index contributed by atoms with van der Waals surface area (Å²) < 4.78 is 31.9. The van der Waals surface area contributed by atoms with Crippen molar-refractivity contribution in [3.05, 3.63) is 119 Å². The first-order chi connectivity index (χ1) is 13.9. The molecule has 0 aliphatic rings. The zero-order valence-electron chi connectivity index (χ0n) is 38.6. The van der Waals surface area contributed by atoms with Crippen LogP contribution in [0.1, 0.15) is 83.1 Å². The fourth-order valence-electron chi connectivity index (χ4n) is 1.95. The Hall–Kier alpha value is 1.98. The summed E-state index contributed by atoms with van der Waals surface area (Å²) in [5.41, 5.74) is 0. The van der Waals surface area contributed by atoms with Gasteiger partial charge in [0.15, 0.2) is 0 Å². The second-order valence-electron chi connectivity index (χ2n) is 8.18. The SMILES string of the molecule is C#[Si]O.CC(C)O[Si](O)(OC(C)C)OC(C)C.CC(C)O[Si](O)(OC(C)C)OC(C)C.[CH3-].[CH3-].[CH3-].[CH3-].[CH3-].[CH3-].[CH3-].[CH3-].[CH3-].[CH3-].[CH3-].[CH3-].[CH3-].[CH3-].[CH3-].[CH3-].[W].[W].[W]. The van der Waals surface area contributed by atoms with Crippen molar-refractivity contribution in [2.75, 3.05) is 0 Å². The van der Waals surface area contributed by atoms with Crippen LogP contribution in [0, 0.1) is 125 Å². The number of hydrogen-bond donors (Lipinski definition) is 3. The van der Waals surface area contributed by atoms with Gasteiger partial charge in [0.1, 0.15) is 0 Å². The van der Waals surface area contributed by atoms with Gasteiger partial charge in [0.2, 0.25) is 9.20 Å². The quantitative estimate of drug-likeness (QED) is 0.130. The summed E-state index contributed by atoms with van der Waals surface area (Å²) in [7, 11) is -7.29. The molecule has 0 atom stereocenters. The molecule has 0 aromatic heterocycles. The molecule has 0 aromatic carbocycles. The molecule has 0 aliphatic heterocycles. The molecule has 0 saturated heterocycles. The molecule has 334 valence electrons. The van der Waals surface area contributed by atoms with Gasteiger partial charge in [-0.2, -0.15) is 0 Å². The molecular formula is C35H94O9Si3W3-16. The zero-order chi connectivity index (χ0) is 25.4. The molecule has 0 bridgehead atoms. The van der Waals surface area contributed by atoms with Gasteiger partial charge < -0.3 is 160 Å². The number of hydrogen-bond acceptors (Lipinski definition) is 9. The summed E-state index contributed by atoms with van der Waals surface area (Å²) in [4.78, 5) is 27.4. The van der Waals surface area contributed by atoms with Crippen LogP contribution in [0.15, 0.2) is 0 Å². The normalized spacial score (nSPS) is 7.58. The Bertz CT molecular complexity index is 403. The van der Waals surface area contributed by atoms with Gasteiger partial charge in [-0.1, -0.05) is 0 Å². The van der Waals surface area contributed by atoms with Gasteiger partial charge in [-0.15, -0.1) is 6.00 Å². The van der Waals surface area contributed by atoms with E-state index in [-0.39, 0.29) is 219 Å². The predicted octanol–water partition coefficient (Wildman–Crippen LogP) is 9.76. The molecule has 0 aromatic rings. The van der Waals surface area contributed by atoms with Crippen LogP contribution in [0.4, 0.5) is 0 Å². The fourth-order valence-corrected chi connectivity index (χ4v) is 5.86. The third-order valence-electron chi connectivity index (χ3n) is 2.31. The minimum Gasteiger partial charge on any atom is -0.521 e. The summed E-state index contributed by atoms with van der Waals surface area (Å²) in [6.07, 6.45) is -0.644. The van der Waals surface area contributed by atoms with Gasteiger partial charge in [-0.05, 0) is 83.1 Å². The van der Waals surface area contributed by atoms with Crippen molar-refractivity contribution in [1.29, 1.82) is 0 Å². The molecule has 0 rings (SSSR count). The maximum atomic E-state index is 9.99. The summed E-state index contributed by atoms with van der Waals surface area (Å²) in [5, 5.41) is 0. The van der Waals surface area contributed by atoms with E-state index < -0.39 is 27.3 Å². The van der Waals surface area contributed by atoms with E-state index in [1.54, 1.807) is 0 Å². The second kappa shape index (κ2) is 83.8. The van der Waals surface area contributed by atoms with Crippen LogP contribution < -0.4 is 0 Å². The molecule has 0 radical (unpaired) electrons. The first kappa shape index (κ1) is 150. The molecule has 0 saturated carbocycles. The fraction of sp³-hybridized carbons (Fsp3) is 0.514. The van der Waals surface area contributed by atoms with Gasteiger partial charge in [-0.3, -0.25) is 0 Å². The van der Waals surface area contributed by atoms with Gasteiger partial charge >= 0.3 is 18.1 Å². The van der Waals surface area contributed by atoms with E-state index in [9.17, 15) is 9.59 Å². The molecule has 15 heteroatoms. The van der Waals surface area contributed by atoms with Gasteiger partial charge in [0.25, 0.3) is 0 Å². The third kappa shape index (κ3) is 117. The average molecular weight is 1290 g/mol. The van der Waals surface area contributed by atoms with Crippen molar-refractivity contribution in [3.63, 3.8) is 0 Å². The molecule has 3 N–H and O–H groups in total. The van der Waals surface area contributed by atoms with E-state index in [2.05, 4.69) is 6.00 Å². The smallest absolute Gasteiger partial charge is 0.521 e. The third-order valence-corrected chi connectivity index (χ3v) is 6.92. The van der Waals surface area contributed by atoms with Crippen LogP contribution in [-0.4, -0.2) is 78.3 Å². The van der Waals surface area contributed by atoms with Crippen LogP contribution in [0.3, 0.4) is 0 Å². The van der Waals surface area contributed by atoms with Crippen LogP contribution in [0.5, 0.6) is 0 Å². The Labute approximate surface area is 373 Å². The summed E-state index contributed by atoms with van der Waals surface area (Å²) in [5.74, 6) is 0. The van der Waals surface area contributed by atoms with E-state index >= 15 is 0 Å². The minimum absolute atomic E-state index is 0. The minimum atomic E-state index is -3.44. The molecule has 50 heavy (non-hydrogen) atoms. The standard InChI is InChI=1S/2C9H22O4Si.CH2OSi.16CH3.3W/c2*1-7(2)11-14(10,12-8(3)4)13-9(5)6;1-3-2;;;;;;;;;;;;;;;;;;;/h2*7-10H,1-6H3;1-2H;16*1H3;;;/q;;;16*-1;;;. The second-order valence-corrected chi connectivity index (χ2v) is 11.9. The topological polar surface area (TPSA) is 116 Å². The molecule has 9 nitrogen and oxygen atoms in total. The van der Waals surface area contributed by atoms with Crippen LogP contribution in [0.2, 0.25) is 0 Å². The van der Waals surface area contributed by atoms with Crippen LogP contribution in [-0.2, 0) is 89.8 Å². The van der Waals surface area contributed by atoms with Crippen LogP contribution >= 0.6 is 0 Å².